The minimum atomic E-state index is 0.830. The number of hydrogen-bond donors (Lipinski definition) is 1. The van der Waals surface area contributed by atoms with Gasteiger partial charge in [-0.2, -0.15) is 0 Å². The largest absolute Gasteiger partial charge is 0.497 e. The van der Waals surface area contributed by atoms with Crippen molar-refractivity contribution < 1.29 is 4.74 Å². The molecule has 0 saturated heterocycles. The molecule has 1 heterocycles. The van der Waals surface area contributed by atoms with E-state index in [1.807, 2.05) is 24.3 Å². The number of aromatic amines is 1. The average molecular weight is 363 g/mol. The zero-order chi connectivity index (χ0) is 14.8. The Hall–Kier alpha value is -1.46. The zero-order valence-electron chi connectivity index (χ0n) is 11.8. The molecule has 0 atom stereocenters. The maximum absolute atomic E-state index is 5.27. The maximum atomic E-state index is 5.27. The van der Waals surface area contributed by atoms with E-state index in [-0.39, 0.29) is 0 Å². The standard InChI is InChI=1S/C16H15BrN2OS/c1-10-3-6-14-15(7-10)19-16(18-14)21-9-11-8-12(20-2)4-5-13(11)17/h3-8H,9H2,1-2H3,(H,18,19). The first-order valence-electron chi connectivity index (χ1n) is 6.57. The first-order valence-corrected chi connectivity index (χ1v) is 8.35. The molecule has 3 rings (SSSR count). The number of hydrogen-bond acceptors (Lipinski definition) is 3. The van der Waals surface area contributed by atoms with Crippen LogP contribution in [-0.2, 0) is 5.75 Å². The molecule has 3 aromatic rings. The second-order valence-electron chi connectivity index (χ2n) is 4.81. The van der Waals surface area contributed by atoms with E-state index in [2.05, 4.69) is 45.0 Å². The van der Waals surface area contributed by atoms with Gasteiger partial charge in [0.2, 0.25) is 0 Å². The number of nitrogens with one attached hydrogen (secondary N) is 1. The van der Waals surface area contributed by atoms with Crippen LogP contribution < -0.4 is 4.74 Å². The minimum Gasteiger partial charge on any atom is -0.497 e. The van der Waals surface area contributed by atoms with E-state index in [4.69, 9.17) is 4.74 Å². The van der Waals surface area contributed by atoms with Gasteiger partial charge in [0, 0.05) is 10.2 Å². The first-order chi connectivity index (χ1) is 10.2. The van der Waals surface area contributed by atoms with Gasteiger partial charge in [0.1, 0.15) is 5.75 Å². The Morgan fingerprint density at radius 3 is 2.90 bits per heavy atom. The van der Waals surface area contributed by atoms with Crippen molar-refractivity contribution >= 4 is 38.7 Å². The molecule has 2 aromatic carbocycles. The Morgan fingerprint density at radius 1 is 1.24 bits per heavy atom. The minimum absolute atomic E-state index is 0.830. The van der Waals surface area contributed by atoms with Gasteiger partial charge in [0.25, 0.3) is 0 Å². The monoisotopic (exact) mass is 362 g/mol. The average Bonchev–Trinajstić information content (AvgIpc) is 2.88. The molecule has 0 spiro atoms. The summed E-state index contributed by atoms with van der Waals surface area (Å²) in [4.78, 5) is 7.96. The summed E-state index contributed by atoms with van der Waals surface area (Å²) in [5, 5.41) is 0.935. The number of halogens is 1. The molecular formula is C16H15BrN2OS. The molecule has 21 heavy (non-hydrogen) atoms. The molecule has 108 valence electrons. The fourth-order valence-electron chi connectivity index (χ4n) is 2.10. The van der Waals surface area contributed by atoms with Crippen molar-refractivity contribution in [2.24, 2.45) is 0 Å². The van der Waals surface area contributed by atoms with Crippen molar-refractivity contribution in [3.63, 3.8) is 0 Å². The molecule has 3 nitrogen and oxygen atoms in total. The Labute approximate surface area is 136 Å². The van der Waals surface area contributed by atoms with E-state index < -0.39 is 0 Å². The van der Waals surface area contributed by atoms with Crippen molar-refractivity contribution in [1.29, 1.82) is 0 Å². The molecule has 0 aliphatic rings. The third kappa shape index (κ3) is 3.24. The molecule has 0 aliphatic carbocycles. The molecule has 1 N–H and O–H groups in total. The number of aryl methyl sites for hydroxylation is 1. The number of fused-ring (bicyclic) bond motifs is 1. The number of methoxy groups -OCH3 is 1. The van der Waals surface area contributed by atoms with Crippen molar-refractivity contribution in [1.82, 2.24) is 9.97 Å². The molecule has 5 heteroatoms. The fourth-order valence-corrected chi connectivity index (χ4v) is 3.55. The third-order valence-electron chi connectivity index (χ3n) is 3.23. The van der Waals surface area contributed by atoms with Crippen molar-refractivity contribution in [3.05, 3.63) is 52.0 Å². The molecule has 1 aromatic heterocycles. The fraction of sp³-hybridized carbons (Fsp3) is 0.188. The summed E-state index contributed by atoms with van der Waals surface area (Å²) in [6, 6.07) is 12.2. The SMILES string of the molecule is COc1ccc(Br)c(CSc2nc3ccc(C)cc3[nH]2)c1. The van der Waals surface area contributed by atoms with Gasteiger partial charge < -0.3 is 9.72 Å². The summed E-state index contributed by atoms with van der Waals surface area (Å²) in [6.07, 6.45) is 0. The molecular weight excluding hydrogens is 348 g/mol. The number of H-pyrrole nitrogens is 1. The van der Waals surface area contributed by atoms with Crippen LogP contribution in [0.4, 0.5) is 0 Å². The topological polar surface area (TPSA) is 37.9 Å². The van der Waals surface area contributed by atoms with Crippen LogP contribution in [0, 0.1) is 6.92 Å². The highest BCUT2D eigenvalue weighted by atomic mass is 79.9. The van der Waals surface area contributed by atoms with E-state index in [0.29, 0.717) is 0 Å². The van der Waals surface area contributed by atoms with Crippen LogP contribution in [-0.4, -0.2) is 17.1 Å². The van der Waals surface area contributed by atoms with Crippen LogP contribution in [0.5, 0.6) is 5.75 Å². The van der Waals surface area contributed by atoms with E-state index in [1.54, 1.807) is 18.9 Å². The lowest BCUT2D eigenvalue weighted by molar-refractivity contribution is 0.414. The highest BCUT2D eigenvalue weighted by Crippen LogP contribution is 2.29. The van der Waals surface area contributed by atoms with Gasteiger partial charge in [-0.05, 0) is 48.4 Å². The first kappa shape index (κ1) is 14.5. The second-order valence-corrected chi connectivity index (χ2v) is 6.63. The van der Waals surface area contributed by atoms with Crippen LogP contribution >= 0.6 is 27.7 Å². The highest BCUT2D eigenvalue weighted by Gasteiger charge is 2.07. The molecule has 0 fully saturated rings. The van der Waals surface area contributed by atoms with Gasteiger partial charge >= 0.3 is 0 Å². The predicted molar refractivity (Wildman–Crippen MR) is 91.1 cm³/mol. The van der Waals surface area contributed by atoms with Crippen molar-refractivity contribution in [2.75, 3.05) is 7.11 Å². The van der Waals surface area contributed by atoms with E-state index in [9.17, 15) is 0 Å². The number of imidazole rings is 1. The van der Waals surface area contributed by atoms with E-state index in [0.717, 1.165) is 32.2 Å². The maximum Gasteiger partial charge on any atom is 0.166 e. The van der Waals surface area contributed by atoms with Crippen LogP contribution in [0.2, 0.25) is 0 Å². The van der Waals surface area contributed by atoms with Gasteiger partial charge in [-0.3, -0.25) is 0 Å². The quantitative estimate of drug-likeness (QED) is 0.668. The molecule has 0 saturated carbocycles. The Morgan fingerprint density at radius 2 is 2.10 bits per heavy atom. The van der Waals surface area contributed by atoms with Gasteiger partial charge in [-0.1, -0.05) is 33.8 Å². The Kier molecular flexibility index (Phi) is 4.22. The number of rotatable bonds is 4. The highest BCUT2D eigenvalue weighted by molar-refractivity contribution is 9.10. The summed E-state index contributed by atoms with van der Waals surface area (Å²) in [5.74, 6) is 1.70. The summed E-state index contributed by atoms with van der Waals surface area (Å²) in [7, 11) is 1.68. The number of ether oxygens (including phenoxy) is 1. The number of aromatic nitrogens is 2. The summed E-state index contributed by atoms with van der Waals surface area (Å²) >= 11 is 5.26. The molecule has 0 unspecified atom stereocenters. The van der Waals surface area contributed by atoms with Crippen LogP contribution in [0.1, 0.15) is 11.1 Å². The number of nitrogens with zero attached hydrogens (tertiary/aromatic N) is 1. The Bertz CT molecular complexity index is 785. The van der Waals surface area contributed by atoms with Crippen LogP contribution in [0.25, 0.3) is 11.0 Å². The smallest absolute Gasteiger partial charge is 0.166 e. The third-order valence-corrected chi connectivity index (χ3v) is 4.93. The lowest BCUT2D eigenvalue weighted by atomic mass is 10.2. The van der Waals surface area contributed by atoms with Gasteiger partial charge in [-0.15, -0.1) is 0 Å². The molecule has 0 radical (unpaired) electrons. The van der Waals surface area contributed by atoms with Crippen molar-refractivity contribution in [2.45, 2.75) is 17.8 Å². The predicted octanol–water partition coefficient (Wildman–Crippen LogP) is 4.93. The van der Waals surface area contributed by atoms with E-state index in [1.165, 1.54) is 11.1 Å². The number of thioether (sulfide) groups is 1. The normalized spacial score (nSPS) is 11.0. The zero-order valence-corrected chi connectivity index (χ0v) is 14.2. The van der Waals surface area contributed by atoms with Crippen molar-refractivity contribution in [3.8, 4) is 5.75 Å². The van der Waals surface area contributed by atoms with Gasteiger partial charge in [0.05, 0.1) is 18.1 Å². The van der Waals surface area contributed by atoms with E-state index >= 15 is 0 Å². The summed E-state index contributed by atoms with van der Waals surface area (Å²) in [5.41, 5.74) is 4.52. The lowest BCUT2D eigenvalue weighted by Crippen LogP contribution is -1.88. The molecule has 0 aliphatic heterocycles. The summed E-state index contributed by atoms with van der Waals surface area (Å²) in [6.45, 7) is 2.08. The lowest BCUT2D eigenvalue weighted by Gasteiger charge is -2.06. The van der Waals surface area contributed by atoms with Crippen LogP contribution in [0.15, 0.2) is 46.0 Å². The second kappa shape index (κ2) is 6.12. The van der Waals surface area contributed by atoms with Crippen LogP contribution in [0.3, 0.4) is 0 Å². The van der Waals surface area contributed by atoms with Gasteiger partial charge in [-0.25, -0.2) is 4.98 Å². The number of benzene rings is 2. The summed E-state index contributed by atoms with van der Waals surface area (Å²) < 4.78 is 6.36. The Balaban J connectivity index is 1.80. The van der Waals surface area contributed by atoms with Gasteiger partial charge in [0.15, 0.2) is 5.16 Å². The molecule has 0 amide bonds. The molecule has 0 bridgehead atoms.